The number of halogens is 3. The highest BCUT2D eigenvalue weighted by Gasteiger charge is 2.41. The highest BCUT2D eigenvalue weighted by Crippen LogP contribution is 2.35. The summed E-state index contributed by atoms with van der Waals surface area (Å²) in [5.41, 5.74) is -1.27. The van der Waals surface area contributed by atoms with Crippen LogP contribution in [-0.2, 0) is 11.0 Å². The highest BCUT2D eigenvalue weighted by atomic mass is 19.4. The maximum Gasteiger partial charge on any atom is 0.416 e. The fraction of sp³-hybridized carbons (Fsp3) is 0.500. The van der Waals surface area contributed by atoms with E-state index in [1.54, 1.807) is 11.8 Å². The van der Waals surface area contributed by atoms with E-state index in [-0.39, 0.29) is 0 Å². The quantitative estimate of drug-likeness (QED) is 0.904. The molecule has 0 aliphatic carbocycles. The van der Waals surface area contributed by atoms with Crippen LogP contribution in [0.15, 0.2) is 24.3 Å². The van der Waals surface area contributed by atoms with E-state index in [4.69, 9.17) is 0 Å². The van der Waals surface area contributed by atoms with Crippen molar-refractivity contribution in [2.24, 2.45) is 0 Å². The van der Waals surface area contributed by atoms with Crippen LogP contribution >= 0.6 is 0 Å². The first kappa shape index (κ1) is 14.7. The van der Waals surface area contributed by atoms with Gasteiger partial charge in [-0.3, -0.25) is 0 Å². The zero-order chi connectivity index (χ0) is 15.0. The maximum atomic E-state index is 12.5. The largest absolute Gasteiger partial charge is 0.480 e. The minimum Gasteiger partial charge on any atom is -0.480 e. The Kier molecular flexibility index (Phi) is 3.67. The lowest BCUT2D eigenvalue weighted by Gasteiger charge is -2.43. The molecule has 1 aromatic rings. The van der Waals surface area contributed by atoms with Crippen LogP contribution in [0.4, 0.5) is 18.9 Å². The molecular weight excluding hydrogens is 271 g/mol. The molecule has 0 radical (unpaired) electrons. The Hall–Kier alpha value is -1.72. The summed E-state index contributed by atoms with van der Waals surface area (Å²) < 4.78 is 37.6. The lowest BCUT2D eigenvalue weighted by Crippen LogP contribution is -2.55. The second-order valence-corrected chi connectivity index (χ2v) is 5.23. The van der Waals surface area contributed by atoms with E-state index in [9.17, 15) is 23.1 Å². The molecular formula is C14H16F3NO2. The number of hydrogen-bond acceptors (Lipinski definition) is 2. The number of carbonyl (C=O) groups is 1. The van der Waals surface area contributed by atoms with E-state index in [2.05, 4.69) is 0 Å². The second kappa shape index (κ2) is 5.00. The van der Waals surface area contributed by atoms with Gasteiger partial charge in [0.2, 0.25) is 0 Å². The van der Waals surface area contributed by atoms with E-state index in [0.29, 0.717) is 18.7 Å². The number of alkyl halides is 3. The summed E-state index contributed by atoms with van der Waals surface area (Å²) >= 11 is 0. The first-order chi connectivity index (χ1) is 9.25. The lowest BCUT2D eigenvalue weighted by atomic mass is 9.88. The van der Waals surface area contributed by atoms with Crippen LogP contribution < -0.4 is 4.90 Å². The highest BCUT2D eigenvalue weighted by molar-refractivity contribution is 5.83. The maximum absolute atomic E-state index is 12.5. The summed E-state index contributed by atoms with van der Waals surface area (Å²) in [4.78, 5) is 13.1. The fourth-order valence-electron chi connectivity index (χ4n) is 2.59. The molecule has 1 aliphatic heterocycles. The van der Waals surface area contributed by atoms with E-state index >= 15 is 0 Å². The number of benzene rings is 1. The molecule has 1 saturated heterocycles. The number of nitrogens with zero attached hydrogens (tertiary/aromatic N) is 1. The van der Waals surface area contributed by atoms with Gasteiger partial charge in [-0.2, -0.15) is 13.2 Å². The molecule has 1 heterocycles. The SMILES string of the molecule is CC1(C(=O)O)CCCCN1c1ccc(C(F)(F)F)cc1. The van der Waals surface area contributed by atoms with Crippen molar-refractivity contribution in [3.8, 4) is 0 Å². The Morgan fingerprint density at radius 2 is 1.85 bits per heavy atom. The second-order valence-electron chi connectivity index (χ2n) is 5.23. The van der Waals surface area contributed by atoms with Gasteiger partial charge in [-0.25, -0.2) is 4.79 Å². The summed E-state index contributed by atoms with van der Waals surface area (Å²) in [6.07, 6.45) is -2.25. The molecule has 6 heteroatoms. The van der Waals surface area contributed by atoms with Gasteiger partial charge < -0.3 is 10.0 Å². The topological polar surface area (TPSA) is 40.5 Å². The number of aliphatic carboxylic acids is 1. The Morgan fingerprint density at radius 3 is 2.35 bits per heavy atom. The van der Waals surface area contributed by atoms with E-state index < -0.39 is 23.2 Å². The monoisotopic (exact) mass is 287 g/mol. The predicted octanol–water partition coefficient (Wildman–Crippen LogP) is 3.54. The normalized spacial score (nSPS) is 23.7. The third-order valence-corrected chi connectivity index (χ3v) is 3.86. The summed E-state index contributed by atoms with van der Waals surface area (Å²) in [6.45, 7) is 2.15. The van der Waals surface area contributed by atoms with Gasteiger partial charge >= 0.3 is 12.1 Å². The Balaban J connectivity index is 2.32. The molecule has 0 spiro atoms. The molecule has 0 saturated carbocycles. The number of piperidine rings is 1. The van der Waals surface area contributed by atoms with Gasteiger partial charge in [-0.1, -0.05) is 0 Å². The van der Waals surface area contributed by atoms with Crippen molar-refractivity contribution < 1.29 is 23.1 Å². The Morgan fingerprint density at radius 1 is 1.25 bits per heavy atom. The van der Waals surface area contributed by atoms with Crippen molar-refractivity contribution in [3.63, 3.8) is 0 Å². The minimum atomic E-state index is -4.38. The third kappa shape index (κ3) is 2.59. The molecule has 3 nitrogen and oxygen atoms in total. The van der Waals surface area contributed by atoms with E-state index in [0.717, 1.165) is 25.0 Å². The van der Waals surface area contributed by atoms with Crippen molar-refractivity contribution in [1.29, 1.82) is 0 Å². The summed E-state index contributed by atoms with van der Waals surface area (Å²) in [6, 6.07) is 4.67. The average molecular weight is 287 g/mol. The van der Waals surface area contributed by atoms with Crippen LogP contribution in [-0.4, -0.2) is 23.2 Å². The number of rotatable bonds is 2. The zero-order valence-corrected chi connectivity index (χ0v) is 11.1. The number of carboxylic acid groups (broad SMARTS) is 1. The van der Waals surface area contributed by atoms with Crippen molar-refractivity contribution >= 4 is 11.7 Å². The van der Waals surface area contributed by atoms with Gasteiger partial charge in [-0.05, 0) is 50.5 Å². The van der Waals surface area contributed by atoms with Crippen molar-refractivity contribution in [1.82, 2.24) is 0 Å². The van der Waals surface area contributed by atoms with Crippen LogP contribution in [0.2, 0.25) is 0 Å². The minimum absolute atomic E-state index is 0.489. The van der Waals surface area contributed by atoms with Crippen LogP contribution in [0.3, 0.4) is 0 Å². The molecule has 110 valence electrons. The first-order valence-corrected chi connectivity index (χ1v) is 6.43. The van der Waals surface area contributed by atoms with Crippen molar-refractivity contribution in [2.45, 2.75) is 37.9 Å². The molecule has 1 N–H and O–H groups in total. The summed E-state index contributed by atoms with van der Waals surface area (Å²) in [5, 5.41) is 9.39. The standard InChI is InChI=1S/C14H16F3NO2/c1-13(12(19)20)8-2-3-9-18(13)11-6-4-10(5-7-11)14(15,16)17/h4-7H,2-3,8-9H2,1H3,(H,19,20). The van der Waals surface area contributed by atoms with Gasteiger partial charge in [-0.15, -0.1) is 0 Å². The first-order valence-electron chi connectivity index (χ1n) is 6.43. The van der Waals surface area contributed by atoms with Gasteiger partial charge in [0.25, 0.3) is 0 Å². The van der Waals surface area contributed by atoms with Crippen LogP contribution in [0, 0.1) is 0 Å². The third-order valence-electron chi connectivity index (χ3n) is 3.86. The molecule has 1 atom stereocenters. The van der Waals surface area contributed by atoms with Crippen molar-refractivity contribution in [3.05, 3.63) is 29.8 Å². The average Bonchev–Trinajstić information content (AvgIpc) is 2.38. The molecule has 1 unspecified atom stereocenters. The van der Waals surface area contributed by atoms with E-state index in [1.165, 1.54) is 12.1 Å². The molecule has 0 aromatic heterocycles. The smallest absolute Gasteiger partial charge is 0.416 e. The van der Waals surface area contributed by atoms with Gasteiger partial charge in [0.05, 0.1) is 5.56 Å². The van der Waals surface area contributed by atoms with Crippen LogP contribution in [0.25, 0.3) is 0 Å². The Bertz CT molecular complexity index is 498. The molecule has 1 aliphatic rings. The van der Waals surface area contributed by atoms with Gasteiger partial charge in [0.1, 0.15) is 5.54 Å². The van der Waals surface area contributed by atoms with Gasteiger partial charge in [0.15, 0.2) is 0 Å². The zero-order valence-electron chi connectivity index (χ0n) is 11.1. The number of hydrogen-bond donors (Lipinski definition) is 1. The number of anilines is 1. The molecule has 0 amide bonds. The molecule has 0 bridgehead atoms. The van der Waals surface area contributed by atoms with Crippen molar-refractivity contribution in [2.75, 3.05) is 11.4 Å². The van der Waals surface area contributed by atoms with E-state index in [1.807, 2.05) is 0 Å². The van der Waals surface area contributed by atoms with Gasteiger partial charge in [0, 0.05) is 12.2 Å². The van der Waals surface area contributed by atoms with Crippen LogP contribution in [0.1, 0.15) is 31.7 Å². The Labute approximate surface area is 115 Å². The predicted molar refractivity (Wildman–Crippen MR) is 68.7 cm³/mol. The summed E-state index contributed by atoms with van der Waals surface area (Å²) in [7, 11) is 0. The van der Waals surface area contributed by atoms with Crippen LogP contribution in [0.5, 0.6) is 0 Å². The summed E-state index contributed by atoms with van der Waals surface area (Å²) in [5.74, 6) is -0.947. The lowest BCUT2D eigenvalue weighted by molar-refractivity contribution is -0.143. The molecule has 1 fully saturated rings. The fourth-order valence-corrected chi connectivity index (χ4v) is 2.59. The molecule has 1 aromatic carbocycles. The molecule has 20 heavy (non-hydrogen) atoms. The molecule has 2 rings (SSSR count). The number of carboxylic acids is 1.